The Bertz CT molecular complexity index is 710. The lowest BCUT2D eigenvalue weighted by atomic mass is 9.97. The number of carbonyl (C=O) groups excluding carboxylic acids is 1. The van der Waals surface area contributed by atoms with Crippen LogP contribution in [0.3, 0.4) is 0 Å². The third kappa shape index (κ3) is 3.96. The van der Waals surface area contributed by atoms with Crippen molar-refractivity contribution in [2.24, 2.45) is 11.7 Å². The molecule has 1 aromatic heterocycles. The molecule has 0 atom stereocenters. The molecule has 1 amide bonds. The lowest BCUT2D eigenvalue weighted by Crippen LogP contribution is -2.41. The minimum Gasteiger partial charge on any atom is -0.435 e. The number of benzene rings is 1. The first-order valence-corrected chi connectivity index (χ1v) is 8.16. The Morgan fingerprint density at radius 2 is 1.96 bits per heavy atom. The van der Waals surface area contributed by atoms with Gasteiger partial charge >= 0.3 is 6.61 Å². The van der Waals surface area contributed by atoms with Gasteiger partial charge < -0.3 is 15.4 Å². The van der Waals surface area contributed by atoms with E-state index in [0.717, 1.165) is 12.8 Å². The highest BCUT2D eigenvalue weighted by atomic mass is 19.3. The molecule has 1 aromatic carbocycles. The molecule has 0 radical (unpaired) electrons. The van der Waals surface area contributed by atoms with E-state index in [0.29, 0.717) is 37.1 Å². The van der Waals surface area contributed by atoms with E-state index in [9.17, 15) is 13.6 Å². The van der Waals surface area contributed by atoms with Crippen LogP contribution >= 0.6 is 0 Å². The van der Waals surface area contributed by atoms with Crippen LogP contribution in [-0.2, 0) is 0 Å². The van der Waals surface area contributed by atoms with Gasteiger partial charge in [-0.1, -0.05) is 0 Å². The third-order valence-electron chi connectivity index (χ3n) is 4.41. The summed E-state index contributed by atoms with van der Waals surface area (Å²) in [6.45, 7) is -0.902. The zero-order valence-corrected chi connectivity index (χ0v) is 13.6. The Balaban J connectivity index is 1.75. The molecule has 1 aliphatic heterocycles. The Kier molecular flexibility index (Phi) is 5.28. The number of ether oxygens (including phenoxy) is 1. The summed E-state index contributed by atoms with van der Waals surface area (Å²) >= 11 is 0. The molecule has 2 aromatic rings. The van der Waals surface area contributed by atoms with Crippen LogP contribution in [-0.4, -0.2) is 46.6 Å². The lowest BCUT2D eigenvalue weighted by Gasteiger charge is -2.31. The van der Waals surface area contributed by atoms with E-state index >= 15 is 0 Å². The number of nitrogens with zero attached hydrogens (tertiary/aromatic N) is 3. The van der Waals surface area contributed by atoms with Crippen LogP contribution in [0.25, 0.3) is 5.69 Å². The van der Waals surface area contributed by atoms with Gasteiger partial charge in [0.05, 0.1) is 0 Å². The highest BCUT2D eigenvalue weighted by Gasteiger charge is 2.25. The summed E-state index contributed by atoms with van der Waals surface area (Å²) in [5, 5.41) is 0. The second kappa shape index (κ2) is 7.60. The van der Waals surface area contributed by atoms with Gasteiger partial charge in [-0.2, -0.15) is 8.78 Å². The molecule has 2 N–H and O–H groups in total. The van der Waals surface area contributed by atoms with Crippen molar-refractivity contribution in [1.29, 1.82) is 0 Å². The Labute approximate surface area is 144 Å². The number of rotatable bonds is 5. The van der Waals surface area contributed by atoms with Gasteiger partial charge in [0.25, 0.3) is 5.91 Å². The predicted molar refractivity (Wildman–Crippen MR) is 87.9 cm³/mol. The number of piperidine rings is 1. The topological polar surface area (TPSA) is 73.4 Å². The predicted octanol–water partition coefficient (Wildman–Crippen LogP) is 2.28. The molecular formula is C17H20F2N4O2. The second-order valence-corrected chi connectivity index (χ2v) is 5.96. The number of alkyl halides is 2. The number of hydrogen-bond donors (Lipinski definition) is 1. The Morgan fingerprint density at radius 1 is 1.28 bits per heavy atom. The van der Waals surface area contributed by atoms with Gasteiger partial charge in [0, 0.05) is 31.2 Å². The molecule has 134 valence electrons. The molecular weight excluding hydrogens is 330 g/mol. The number of imidazole rings is 1. The standard InChI is InChI=1S/C17H20F2N4O2/c18-17(19)25-14-3-1-13(2-4-14)23-10-7-21-15(23)16(24)22-8-5-12(11-20)6-9-22/h1-4,7,10,12,17H,5-6,8-9,11,20H2. The molecule has 1 fully saturated rings. The van der Waals surface area contributed by atoms with Crippen molar-refractivity contribution in [2.75, 3.05) is 19.6 Å². The maximum Gasteiger partial charge on any atom is 0.387 e. The van der Waals surface area contributed by atoms with Gasteiger partial charge in [-0.05, 0) is 49.6 Å². The third-order valence-corrected chi connectivity index (χ3v) is 4.41. The van der Waals surface area contributed by atoms with Crippen LogP contribution in [0, 0.1) is 5.92 Å². The first-order valence-electron chi connectivity index (χ1n) is 8.16. The van der Waals surface area contributed by atoms with E-state index in [1.807, 2.05) is 0 Å². The van der Waals surface area contributed by atoms with Crippen molar-refractivity contribution < 1.29 is 18.3 Å². The highest BCUT2D eigenvalue weighted by molar-refractivity contribution is 5.91. The number of likely N-dealkylation sites (tertiary alicyclic amines) is 1. The van der Waals surface area contributed by atoms with Crippen LogP contribution in [0.2, 0.25) is 0 Å². The monoisotopic (exact) mass is 350 g/mol. The number of aromatic nitrogens is 2. The summed E-state index contributed by atoms with van der Waals surface area (Å²) in [5.41, 5.74) is 6.34. The fraction of sp³-hybridized carbons (Fsp3) is 0.412. The Hall–Kier alpha value is -2.48. The zero-order chi connectivity index (χ0) is 17.8. The molecule has 0 saturated carbocycles. The van der Waals surface area contributed by atoms with Crippen LogP contribution in [0.4, 0.5) is 8.78 Å². The number of hydrogen-bond acceptors (Lipinski definition) is 4. The minimum absolute atomic E-state index is 0.0654. The fourth-order valence-electron chi connectivity index (χ4n) is 2.97. The Morgan fingerprint density at radius 3 is 2.56 bits per heavy atom. The molecule has 0 bridgehead atoms. The number of halogens is 2. The van der Waals surface area contributed by atoms with Crippen molar-refractivity contribution in [3.8, 4) is 11.4 Å². The molecule has 6 nitrogen and oxygen atoms in total. The number of amides is 1. The smallest absolute Gasteiger partial charge is 0.387 e. The minimum atomic E-state index is -2.87. The van der Waals surface area contributed by atoms with Gasteiger partial charge in [0.2, 0.25) is 5.82 Å². The SMILES string of the molecule is NCC1CCN(C(=O)c2nccn2-c2ccc(OC(F)F)cc2)CC1. The molecule has 1 saturated heterocycles. The van der Waals surface area contributed by atoms with Crippen molar-refractivity contribution >= 4 is 5.91 Å². The van der Waals surface area contributed by atoms with Gasteiger partial charge in [-0.15, -0.1) is 0 Å². The first-order chi connectivity index (χ1) is 12.1. The van der Waals surface area contributed by atoms with E-state index < -0.39 is 6.61 Å². The number of carbonyl (C=O) groups is 1. The number of nitrogens with two attached hydrogens (primary N) is 1. The van der Waals surface area contributed by atoms with Crippen molar-refractivity contribution in [3.63, 3.8) is 0 Å². The average Bonchev–Trinajstić information content (AvgIpc) is 3.11. The molecule has 0 spiro atoms. The van der Waals surface area contributed by atoms with E-state index in [4.69, 9.17) is 5.73 Å². The molecule has 8 heteroatoms. The molecule has 0 aliphatic carbocycles. The molecule has 25 heavy (non-hydrogen) atoms. The van der Waals surface area contributed by atoms with Gasteiger partial charge in [0.15, 0.2) is 0 Å². The van der Waals surface area contributed by atoms with Crippen molar-refractivity contribution in [2.45, 2.75) is 19.5 Å². The van der Waals surface area contributed by atoms with Crippen LogP contribution in [0.15, 0.2) is 36.7 Å². The normalized spacial score (nSPS) is 15.6. The lowest BCUT2D eigenvalue weighted by molar-refractivity contribution is -0.0498. The summed E-state index contributed by atoms with van der Waals surface area (Å²) in [7, 11) is 0. The van der Waals surface area contributed by atoms with Crippen molar-refractivity contribution in [1.82, 2.24) is 14.5 Å². The largest absolute Gasteiger partial charge is 0.435 e. The van der Waals surface area contributed by atoms with E-state index in [-0.39, 0.29) is 11.7 Å². The van der Waals surface area contributed by atoms with Gasteiger partial charge in [0.1, 0.15) is 5.75 Å². The molecule has 3 rings (SSSR count). The van der Waals surface area contributed by atoms with Crippen LogP contribution in [0.5, 0.6) is 5.75 Å². The maximum atomic E-state index is 12.7. The maximum absolute atomic E-state index is 12.7. The van der Waals surface area contributed by atoms with E-state index in [2.05, 4.69) is 9.72 Å². The summed E-state index contributed by atoms with van der Waals surface area (Å²) in [6.07, 6.45) is 5.00. The summed E-state index contributed by atoms with van der Waals surface area (Å²) in [5.74, 6) is 0.684. The highest BCUT2D eigenvalue weighted by Crippen LogP contribution is 2.21. The summed E-state index contributed by atoms with van der Waals surface area (Å²) in [4.78, 5) is 18.7. The molecule has 2 heterocycles. The quantitative estimate of drug-likeness (QED) is 0.898. The average molecular weight is 350 g/mol. The van der Waals surface area contributed by atoms with Gasteiger partial charge in [-0.25, -0.2) is 4.98 Å². The van der Waals surface area contributed by atoms with E-state index in [1.165, 1.54) is 12.1 Å². The van der Waals surface area contributed by atoms with Crippen molar-refractivity contribution in [3.05, 3.63) is 42.5 Å². The summed E-state index contributed by atoms with van der Waals surface area (Å²) < 4.78 is 30.4. The fourth-order valence-corrected chi connectivity index (χ4v) is 2.97. The zero-order valence-electron chi connectivity index (χ0n) is 13.6. The van der Waals surface area contributed by atoms with Crippen LogP contribution in [0.1, 0.15) is 23.5 Å². The van der Waals surface area contributed by atoms with Crippen LogP contribution < -0.4 is 10.5 Å². The summed E-state index contributed by atoms with van der Waals surface area (Å²) in [6, 6.07) is 6.08. The van der Waals surface area contributed by atoms with E-state index in [1.54, 1.807) is 34.0 Å². The molecule has 0 unspecified atom stereocenters. The first kappa shape index (κ1) is 17.3. The second-order valence-electron chi connectivity index (χ2n) is 5.96. The van der Waals surface area contributed by atoms with Gasteiger partial charge in [-0.3, -0.25) is 9.36 Å². The molecule has 1 aliphatic rings.